The van der Waals surface area contributed by atoms with E-state index in [1.54, 1.807) is 12.1 Å². The van der Waals surface area contributed by atoms with E-state index in [0.717, 1.165) is 9.13 Å². The number of methoxy groups -OCH3 is 1. The van der Waals surface area contributed by atoms with E-state index in [-0.39, 0.29) is 12.1 Å². The van der Waals surface area contributed by atoms with Crippen molar-refractivity contribution in [3.63, 3.8) is 0 Å². The predicted molar refractivity (Wildman–Crippen MR) is 86.2 cm³/mol. The minimum atomic E-state index is -0.542. The van der Waals surface area contributed by atoms with E-state index in [2.05, 4.69) is 38.0 Å². The molecule has 6 nitrogen and oxygen atoms in total. The van der Waals surface area contributed by atoms with Crippen LogP contribution in [0.5, 0.6) is 0 Å². The predicted octanol–water partition coefficient (Wildman–Crippen LogP) is 1.71. The van der Waals surface area contributed by atoms with Crippen LogP contribution < -0.4 is 10.6 Å². The van der Waals surface area contributed by atoms with Gasteiger partial charge in [0.2, 0.25) is 0 Å². The largest absolute Gasteiger partial charge is 0.468 e. The van der Waals surface area contributed by atoms with Gasteiger partial charge in [0, 0.05) is 15.5 Å². The van der Waals surface area contributed by atoms with Gasteiger partial charge in [0.05, 0.1) is 7.11 Å². The molecule has 0 unspecified atom stereocenters. The lowest BCUT2D eigenvalue weighted by molar-refractivity contribution is -0.139. The fourth-order valence-corrected chi connectivity index (χ4v) is 2.06. The van der Waals surface area contributed by atoms with Crippen molar-refractivity contribution in [1.29, 1.82) is 5.26 Å². The second-order valence-electron chi connectivity index (χ2n) is 4.04. The zero-order valence-electron chi connectivity index (χ0n) is 11.6. The highest BCUT2D eigenvalue weighted by atomic mass is 127. The average Bonchev–Trinajstić information content (AvgIpc) is 2.46. The number of aryl methyl sites for hydroxylation is 1. The van der Waals surface area contributed by atoms with Crippen LogP contribution in [0.25, 0.3) is 0 Å². The van der Waals surface area contributed by atoms with Crippen molar-refractivity contribution in [2.45, 2.75) is 6.92 Å². The van der Waals surface area contributed by atoms with E-state index < -0.39 is 11.9 Å². The van der Waals surface area contributed by atoms with Crippen LogP contribution in [0, 0.1) is 21.8 Å². The Balaban J connectivity index is 2.73. The van der Waals surface area contributed by atoms with Crippen LogP contribution in [-0.2, 0) is 14.3 Å². The molecule has 7 heteroatoms. The molecule has 0 radical (unpaired) electrons. The Morgan fingerprint density at radius 2 is 2.19 bits per heavy atom. The molecule has 0 aliphatic carbocycles. The van der Waals surface area contributed by atoms with Crippen LogP contribution in [0.1, 0.15) is 5.56 Å². The fraction of sp³-hybridized carbons (Fsp3) is 0.214. The Morgan fingerprint density at radius 3 is 2.76 bits per heavy atom. The van der Waals surface area contributed by atoms with E-state index in [1.807, 2.05) is 19.1 Å². The quantitative estimate of drug-likeness (QED) is 0.341. The minimum Gasteiger partial charge on any atom is -0.468 e. The summed E-state index contributed by atoms with van der Waals surface area (Å²) in [4.78, 5) is 22.9. The number of nitrogens with one attached hydrogen (secondary N) is 2. The van der Waals surface area contributed by atoms with Crippen molar-refractivity contribution in [1.82, 2.24) is 5.32 Å². The number of carbonyl (C=O) groups is 2. The monoisotopic (exact) mass is 399 g/mol. The Morgan fingerprint density at radius 1 is 1.48 bits per heavy atom. The molecule has 0 spiro atoms. The lowest BCUT2D eigenvalue weighted by atomic mass is 10.2. The van der Waals surface area contributed by atoms with E-state index in [1.165, 1.54) is 13.3 Å². The third kappa shape index (κ3) is 5.43. The van der Waals surface area contributed by atoms with Crippen LogP contribution in [0.3, 0.4) is 0 Å². The lowest BCUT2D eigenvalue weighted by Gasteiger charge is -2.08. The second kappa shape index (κ2) is 8.26. The molecular weight excluding hydrogens is 385 g/mol. The van der Waals surface area contributed by atoms with Gasteiger partial charge in [-0.2, -0.15) is 5.26 Å². The molecule has 110 valence electrons. The Bertz CT molecular complexity index is 620. The minimum absolute atomic E-state index is 0.114. The molecule has 0 saturated heterocycles. The molecule has 1 amide bonds. The molecule has 0 aromatic heterocycles. The third-order valence-corrected chi connectivity index (χ3v) is 3.19. The first-order valence-corrected chi connectivity index (χ1v) is 7.03. The normalized spacial score (nSPS) is 10.5. The molecule has 0 aliphatic heterocycles. The van der Waals surface area contributed by atoms with Crippen LogP contribution in [0.15, 0.2) is 30.0 Å². The van der Waals surface area contributed by atoms with Gasteiger partial charge in [-0.05, 0) is 53.3 Å². The number of esters is 1. The maximum atomic E-state index is 12.0. The van der Waals surface area contributed by atoms with Crippen molar-refractivity contribution >= 4 is 40.2 Å². The Labute approximate surface area is 136 Å². The summed E-state index contributed by atoms with van der Waals surface area (Å²) in [6.07, 6.45) is 1.19. The van der Waals surface area contributed by atoms with E-state index in [0.29, 0.717) is 5.69 Å². The van der Waals surface area contributed by atoms with Crippen molar-refractivity contribution in [3.05, 3.63) is 39.1 Å². The number of rotatable bonds is 5. The van der Waals surface area contributed by atoms with Gasteiger partial charge in [0.15, 0.2) is 0 Å². The molecule has 0 fully saturated rings. The summed E-state index contributed by atoms with van der Waals surface area (Å²) in [6, 6.07) is 7.32. The maximum Gasteiger partial charge on any atom is 0.325 e. The molecule has 1 aromatic rings. The molecule has 1 aromatic carbocycles. The van der Waals surface area contributed by atoms with E-state index >= 15 is 0 Å². The summed E-state index contributed by atoms with van der Waals surface area (Å²) in [5.74, 6) is -1.03. The number of halogens is 1. The fourth-order valence-electron chi connectivity index (χ4n) is 1.41. The lowest BCUT2D eigenvalue weighted by Crippen LogP contribution is -2.22. The number of nitrogens with zero attached hydrogens (tertiary/aromatic N) is 1. The van der Waals surface area contributed by atoms with E-state index in [9.17, 15) is 9.59 Å². The molecule has 0 heterocycles. The second-order valence-corrected chi connectivity index (χ2v) is 5.29. The molecular formula is C14H14IN3O3. The Kier molecular flexibility index (Phi) is 6.68. The van der Waals surface area contributed by atoms with Crippen molar-refractivity contribution < 1.29 is 14.3 Å². The summed E-state index contributed by atoms with van der Waals surface area (Å²) in [6.45, 7) is 1.75. The number of hydrogen-bond acceptors (Lipinski definition) is 5. The summed E-state index contributed by atoms with van der Waals surface area (Å²) in [5.41, 5.74) is 1.40. The summed E-state index contributed by atoms with van der Waals surface area (Å²) in [7, 11) is 1.26. The van der Waals surface area contributed by atoms with Gasteiger partial charge in [-0.15, -0.1) is 0 Å². The summed E-state index contributed by atoms with van der Waals surface area (Å²) >= 11 is 2.17. The summed E-state index contributed by atoms with van der Waals surface area (Å²) < 4.78 is 5.49. The number of hydrogen-bond donors (Lipinski definition) is 2. The number of amides is 1. The molecule has 2 N–H and O–H groups in total. The third-order valence-electron chi connectivity index (χ3n) is 2.52. The van der Waals surface area contributed by atoms with Crippen LogP contribution in [0.4, 0.5) is 5.69 Å². The zero-order chi connectivity index (χ0) is 15.8. The SMILES string of the molecule is COC(=O)CN/C=C(/C#N)C(=O)Nc1ccc(I)cc1C. The van der Waals surface area contributed by atoms with Gasteiger partial charge in [-0.1, -0.05) is 0 Å². The van der Waals surface area contributed by atoms with Crippen molar-refractivity contribution in [2.75, 3.05) is 19.0 Å². The average molecular weight is 399 g/mol. The van der Waals surface area contributed by atoms with Gasteiger partial charge in [-0.25, -0.2) is 0 Å². The number of nitriles is 1. The first-order valence-electron chi connectivity index (χ1n) is 5.96. The topological polar surface area (TPSA) is 91.2 Å². The van der Waals surface area contributed by atoms with Crippen LogP contribution in [-0.4, -0.2) is 25.5 Å². The molecule has 0 aliphatic rings. The highest BCUT2D eigenvalue weighted by molar-refractivity contribution is 14.1. The number of anilines is 1. The Hall–Kier alpha value is -2.08. The maximum absolute atomic E-state index is 12.0. The van der Waals surface area contributed by atoms with Crippen molar-refractivity contribution in [3.8, 4) is 6.07 Å². The van der Waals surface area contributed by atoms with Crippen molar-refractivity contribution in [2.24, 2.45) is 0 Å². The highest BCUT2D eigenvalue weighted by Gasteiger charge is 2.11. The van der Waals surface area contributed by atoms with Gasteiger partial charge in [0.1, 0.15) is 18.2 Å². The number of carbonyl (C=O) groups excluding carboxylic acids is 2. The first kappa shape index (κ1) is 17.0. The molecule has 0 atom stereocenters. The highest BCUT2D eigenvalue weighted by Crippen LogP contribution is 2.18. The molecule has 0 saturated carbocycles. The first-order chi connectivity index (χ1) is 9.97. The zero-order valence-corrected chi connectivity index (χ0v) is 13.7. The molecule has 0 bridgehead atoms. The number of benzene rings is 1. The molecule has 1 rings (SSSR count). The smallest absolute Gasteiger partial charge is 0.325 e. The van der Waals surface area contributed by atoms with E-state index in [4.69, 9.17) is 5.26 Å². The van der Waals surface area contributed by atoms with Gasteiger partial charge < -0.3 is 15.4 Å². The van der Waals surface area contributed by atoms with Gasteiger partial charge >= 0.3 is 5.97 Å². The van der Waals surface area contributed by atoms with Crippen LogP contribution >= 0.6 is 22.6 Å². The summed E-state index contributed by atoms with van der Waals surface area (Å²) in [5, 5.41) is 14.2. The van der Waals surface area contributed by atoms with Gasteiger partial charge in [0.25, 0.3) is 5.91 Å². The number of ether oxygens (including phenoxy) is 1. The molecule has 21 heavy (non-hydrogen) atoms. The van der Waals surface area contributed by atoms with Crippen LogP contribution in [0.2, 0.25) is 0 Å². The van der Waals surface area contributed by atoms with Gasteiger partial charge in [-0.3, -0.25) is 9.59 Å². The standard InChI is InChI=1S/C14H14IN3O3/c1-9-5-11(15)3-4-12(9)18-14(20)10(6-16)7-17-8-13(19)21-2/h3-5,7,17H,8H2,1-2H3,(H,18,20)/b10-7-.